The lowest BCUT2D eigenvalue weighted by atomic mass is 9.88. The van der Waals surface area contributed by atoms with E-state index in [-0.39, 0.29) is 0 Å². The maximum atomic E-state index is 12.9. The molecule has 0 saturated heterocycles. The number of alkyl halides is 3. The van der Waals surface area contributed by atoms with Crippen LogP contribution in [0, 0.1) is 0 Å². The fraction of sp³-hybridized carbons (Fsp3) is 0.167. The van der Waals surface area contributed by atoms with Crippen LogP contribution in [0.15, 0.2) is 48.5 Å². The third-order valence-corrected chi connectivity index (χ3v) is 4.26. The number of nitrogens with zero attached hydrogens (tertiary/aromatic N) is 1. The number of nitrogens with one attached hydrogen (secondary N) is 1. The van der Waals surface area contributed by atoms with Crippen molar-refractivity contribution in [3.05, 3.63) is 65.2 Å². The van der Waals surface area contributed by atoms with E-state index in [1.54, 1.807) is 6.07 Å². The molecule has 0 amide bonds. The van der Waals surface area contributed by atoms with E-state index in [1.165, 1.54) is 11.6 Å². The highest BCUT2D eigenvalue weighted by Gasteiger charge is 2.31. The number of H-pyrrole nitrogens is 1. The second-order valence-corrected chi connectivity index (χ2v) is 5.66. The number of fused-ring (bicyclic) bond motifs is 3. The summed E-state index contributed by atoms with van der Waals surface area (Å²) in [5.41, 5.74) is 4.68. The number of hydrogen-bond acceptors (Lipinski definition) is 1. The molecular weight excluding hydrogens is 301 g/mol. The van der Waals surface area contributed by atoms with Crippen LogP contribution in [0.1, 0.15) is 16.7 Å². The third-order valence-electron chi connectivity index (χ3n) is 4.26. The van der Waals surface area contributed by atoms with Crippen LogP contribution in [0.5, 0.6) is 0 Å². The van der Waals surface area contributed by atoms with E-state index in [0.29, 0.717) is 11.3 Å². The second-order valence-electron chi connectivity index (χ2n) is 5.66. The van der Waals surface area contributed by atoms with Crippen molar-refractivity contribution in [2.45, 2.75) is 19.0 Å². The van der Waals surface area contributed by atoms with Gasteiger partial charge in [0.2, 0.25) is 0 Å². The predicted molar refractivity (Wildman–Crippen MR) is 81.9 cm³/mol. The van der Waals surface area contributed by atoms with Gasteiger partial charge in [-0.25, -0.2) is 0 Å². The van der Waals surface area contributed by atoms with Crippen molar-refractivity contribution < 1.29 is 13.2 Å². The van der Waals surface area contributed by atoms with Crippen LogP contribution in [0.2, 0.25) is 0 Å². The molecule has 1 aromatic heterocycles. The minimum Gasteiger partial charge on any atom is -0.277 e. The molecule has 4 rings (SSSR count). The summed E-state index contributed by atoms with van der Waals surface area (Å²) in [6.07, 6.45) is -2.71. The monoisotopic (exact) mass is 314 g/mol. The summed E-state index contributed by atoms with van der Waals surface area (Å²) in [5.74, 6) is 0. The highest BCUT2D eigenvalue weighted by Crippen LogP contribution is 2.38. The molecule has 3 aromatic rings. The van der Waals surface area contributed by atoms with Gasteiger partial charge in [0.05, 0.1) is 17.0 Å². The average Bonchev–Trinajstić information content (AvgIpc) is 2.98. The molecule has 0 bridgehead atoms. The van der Waals surface area contributed by atoms with E-state index in [0.717, 1.165) is 41.8 Å². The summed E-state index contributed by atoms with van der Waals surface area (Å²) in [6, 6.07) is 13.4. The number of halogens is 3. The lowest BCUT2D eigenvalue weighted by Gasteiger charge is -2.16. The number of benzene rings is 2. The quantitative estimate of drug-likeness (QED) is 0.682. The Morgan fingerprint density at radius 3 is 2.61 bits per heavy atom. The third kappa shape index (κ3) is 2.32. The Balaban J connectivity index is 1.84. The normalized spacial score (nSPS) is 13.5. The molecule has 0 atom stereocenters. The van der Waals surface area contributed by atoms with Gasteiger partial charge in [0.15, 0.2) is 0 Å². The van der Waals surface area contributed by atoms with Gasteiger partial charge in [0, 0.05) is 16.7 Å². The summed E-state index contributed by atoms with van der Waals surface area (Å²) >= 11 is 0. The number of aromatic amines is 1. The average molecular weight is 314 g/mol. The number of aryl methyl sites for hydroxylation is 1. The maximum absolute atomic E-state index is 12.9. The van der Waals surface area contributed by atoms with Gasteiger partial charge < -0.3 is 0 Å². The molecule has 0 unspecified atom stereocenters. The minimum absolute atomic E-state index is 0.497. The Kier molecular flexibility index (Phi) is 3.04. The smallest absolute Gasteiger partial charge is 0.277 e. The molecule has 2 nitrogen and oxygen atoms in total. The molecular formula is C18H13F3N2. The number of hydrogen-bond donors (Lipinski definition) is 1. The molecule has 1 heterocycles. The number of rotatable bonds is 1. The van der Waals surface area contributed by atoms with Crippen molar-refractivity contribution in [1.29, 1.82) is 0 Å². The summed E-state index contributed by atoms with van der Waals surface area (Å²) in [7, 11) is 0. The molecule has 5 heteroatoms. The van der Waals surface area contributed by atoms with Gasteiger partial charge in [0.1, 0.15) is 0 Å². The fourth-order valence-electron chi connectivity index (χ4n) is 3.15. The molecule has 1 aliphatic carbocycles. The fourth-order valence-corrected chi connectivity index (χ4v) is 3.15. The molecule has 2 aromatic carbocycles. The molecule has 116 valence electrons. The highest BCUT2D eigenvalue weighted by atomic mass is 19.4. The van der Waals surface area contributed by atoms with E-state index < -0.39 is 11.7 Å². The molecule has 23 heavy (non-hydrogen) atoms. The van der Waals surface area contributed by atoms with Gasteiger partial charge in [-0.2, -0.15) is 18.3 Å². The van der Waals surface area contributed by atoms with E-state index in [4.69, 9.17) is 0 Å². The Morgan fingerprint density at radius 1 is 0.957 bits per heavy atom. The molecule has 0 radical (unpaired) electrons. The Bertz CT molecular complexity index is 878. The van der Waals surface area contributed by atoms with Crippen LogP contribution in [0.4, 0.5) is 13.2 Å². The molecule has 0 aliphatic heterocycles. The maximum Gasteiger partial charge on any atom is 0.416 e. The topological polar surface area (TPSA) is 28.7 Å². The van der Waals surface area contributed by atoms with Gasteiger partial charge in [-0.05, 0) is 30.5 Å². The van der Waals surface area contributed by atoms with E-state index >= 15 is 0 Å². The SMILES string of the molecule is FC(F)(F)c1cccc(-c2n[nH]c3c2CCc2ccccc2-3)c1. The molecule has 1 aliphatic rings. The highest BCUT2D eigenvalue weighted by molar-refractivity contribution is 5.77. The van der Waals surface area contributed by atoms with Crippen LogP contribution in [-0.4, -0.2) is 10.2 Å². The largest absolute Gasteiger partial charge is 0.416 e. The Morgan fingerprint density at radius 2 is 1.78 bits per heavy atom. The Labute approximate surface area is 131 Å². The zero-order valence-corrected chi connectivity index (χ0v) is 12.1. The number of aromatic nitrogens is 2. The second kappa shape index (κ2) is 4.98. The van der Waals surface area contributed by atoms with Gasteiger partial charge >= 0.3 is 6.18 Å². The molecule has 1 N–H and O–H groups in total. The van der Waals surface area contributed by atoms with E-state index in [1.807, 2.05) is 18.2 Å². The van der Waals surface area contributed by atoms with Crippen molar-refractivity contribution in [1.82, 2.24) is 10.2 Å². The van der Waals surface area contributed by atoms with Crippen molar-refractivity contribution in [2.75, 3.05) is 0 Å². The van der Waals surface area contributed by atoms with Crippen LogP contribution in [-0.2, 0) is 19.0 Å². The first-order valence-electron chi connectivity index (χ1n) is 7.37. The molecule has 0 saturated carbocycles. The summed E-state index contributed by atoms with van der Waals surface area (Å²) < 4.78 is 38.8. The van der Waals surface area contributed by atoms with Crippen LogP contribution >= 0.6 is 0 Å². The molecule has 0 spiro atoms. The lowest BCUT2D eigenvalue weighted by Crippen LogP contribution is -2.05. The predicted octanol–water partition coefficient (Wildman–Crippen LogP) is 4.86. The van der Waals surface area contributed by atoms with E-state index in [9.17, 15) is 13.2 Å². The van der Waals surface area contributed by atoms with Gasteiger partial charge in [-0.15, -0.1) is 0 Å². The van der Waals surface area contributed by atoms with Crippen LogP contribution in [0.25, 0.3) is 22.5 Å². The van der Waals surface area contributed by atoms with Crippen molar-refractivity contribution in [3.8, 4) is 22.5 Å². The summed E-state index contributed by atoms with van der Waals surface area (Å²) in [6.45, 7) is 0. The van der Waals surface area contributed by atoms with E-state index in [2.05, 4.69) is 16.3 Å². The van der Waals surface area contributed by atoms with Gasteiger partial charge in [0.25, 0.3) is 0 Å². The van der Waals surface area contributed by atoms with Crippen LogP contribution < -0.4 is 0 Å². The lowest BCUT2D eigenvalue weighted by molar-refractivity contribution is -0.137. The minimum atomic E-state index is -4.35. The first-order valence-corrected chi connectivity index (χ1v) is 7.37. The summed E-state index contributed by atoms with van der Waals surface area (Å²) in [4.78, 5) is 0. The zero-order valence-electron chi connectivity index (χ0n) is 12.1. The van der Waals surface area contributed by atoms with Crippen LogP contribution in [0.3, 0.4) is 0 Å². The molecule has 0 fully saturated rings. The van der Waals surface area contributed by atoms with Crippen molar-refractivity contribution in [3.63, 3.8) is 0 Å². The first kappa shape index (κ1) is 14.1. The van der Waals surface area contributed by atoms with Crippen molar-refractivity contribution in [2.24, 2.45) is 0 Å². The zero-order chi connectivity index (χ0) is 16.0. The van der Waals surface area contributed by atoms with Crippen molar-refractivity contribution >= 4 is 0 Å². The van der Waals surface area contributed by atoms with Gasteiger partial charge in [-0.3, -0.25) is 5.10 Å². The van der Waals surface area contributed by atoms with Gasteiger partial charge in [-0.1, -0.05) is 36.4 Å². The standard InChI is InChI=1S/C18H13F3N2/c19-18(20,21)13-6-3-5-12(10-13)16-15-9-8-11-4-1-2-7-14(11)17(15)23-22-16/h1-7,10H,8-9H2,(H,22,23). The first-order chi connectivity index (χ1) is 11.0. The summed E-state index contributed by atoms with van der Waals surface area (Å²) in [5, 5.41) is 7.31. The Hall–Kier alpha value is -2.56.